The molecule has 0 unspecified atom stereocenters. The minimum absolute atomic E-state index is 0. The lowest BCUT2D eigenvalue weighted by atomic mass is 10.2. The number of ether oxygens (including phenoxy) is 1. The summed E-state index contributed by atoms with van der Waals surface area (Å²) in [4.78, 5) is 0. The molecule has 0 heterocycles. The van der Waals surface area contributed by atoms with Gasteiger partial charge in [-0.25, -0.2) is 0 Å². The average Bonchev–Trinajstić information content (AvgIpc) is 2.31. The molecule has 0 bridgehead atoms. The lowest BCUT2D eigenvalue weighted by molar-refractivity contribution is 0.128. The van der Waals surface area contributed by atoms with Crippen LogP contribution in [0.2, 0.25) is 0 Å². The molecule has 0 atom stereocenters. The molecule has 5 N–H and O–H groups in total. The summed E-state index contributed by atoms with van der Waals surface area (Å²) in [5.74, 6) is 0. The molecule has 0 aromatic heterocycles. The van der Waals surface area contributed by atoms with Crippen LogP contribution >= 0.6 is 24.8 Å². The topological polar surface area (TPSA) is 81.5 Å². The van der Waals surface area contributed by atoms with Crippen LogP contribution in [0.5, 0.6) is 0 Å². The van der Waals surface area contributed by atoms with Crippen molar-refractivity contribution in [3.8, 4) is 0 Å². The molecule has 1 rings (SSSR count). The quantitative estimate of drug-likeness (QED) is 0.703. The van der Waals surface area contributed by atoms with Gasteiger partial charge in [0, 0.05) is 13.1 Å². The summed E-state index contributed by atoms with van der Waals surface area (Å²) in [5.41, 5.74) is 11.2. The van der Waals surface area contributed by atoms with Gasteiger partial charge in [-0.3, -0.25) is 0 Å². The van der Waals surface area contributed by atoms with Crippen molar-refractivity contribution < 1.29 is 9.84 Å². The molecule has 17 heavy (non-hydrogen) atoms. The van der Waals surface area contributed by atoms with E-state index in [1.807, 2.05) is 30.3 Å². The Balaban J connectivity index is -0.000000289. The SMILES string of the molecule is Cl.Cl.NCCO.NCCOCc1ccccc1. The number of hydrogen-bond acceptors (Lipinski definition) is 4. The van der Waals surface area contributed by atoms with Crippen molar-refractivity contribution in [3.05, 3.63) is 35.9 Å². The Morgan fingerprint density at radius 2 is 1.53 bits per heavy atom. The molecule has 0 radical (unpaired) electrons. The van der Waals surface area contributed by atoms with E-state index in [0.29, 0.717) is 26.3 Å². The molecular weight excluding hydrogens is 263 g/mol. The zero-order valence-corrected chi connectivity index (χ0v) is 11.4. The van der Waals surface area contributed by atoms with Crippen molar-refractivity contribution in [1.82, 2.24) is 0 Å². The number of nitrogens with two attached hydrogens (primary N) is 2. The molecule has 4 nitrogen and oxygen atoms in total. The highest BCUT2D eigenvalue weighted by atomic mass is 35.5. The zero-order valence-electron chi connectivity index (χ0n) is 9.75. The molecule has 1 aromatic rings. The van der Waals surface area contributed by atoms with E-state index in [1.165, 1.54) is 5.56 Å². The molecule has 0 aliphatic carbocycles. The summed E-state index contributed by atoms with van der Waals surface area (Å²) in [5, 5.41) is 7.75. The molecule has 0 aliphatic heterocycles. The lowest BCUT2D eigenvalue weighted by Gasteiger charge is -2.00. The maximum Gasteiger partial charge on any atom is 0.0717 e. The highest BCUT2D eigenvalue weighted by Gasteiger charge is 1.88. The van der Waals surface area contributed by atoms with Crippen LogP contribution in [0.4, 0.5) is 0 Å². The zero-order chi connectivity index (χ0) is 11.4. The second-order valence-corrected chi connectivity index (χ2v) is 2.84. The predicted molar refractivity (Wildman–Crippen MR) is 75.8 cm³/mol. The summed E-state index contributed by atoms with van der Waals surface area (Å²) in [6, 6.07) is 10.1. The van der Waals surface area contributed by atoms with Gasteiger partial charge in [0.15, 0.2) is 0 Å². The van der Waals surface area contributed by atoms with Crippen molar-refractivity contribution in [2.45, 2.75) is 6.61 Å². The summed E-state index contributed by atoms with van der Waals surface area (Å²) >= 11 is 0. The number of halogens is 2. The van der Waals surface area contributed by atoms with E-state index in [1.54, 1.807) is 0 Å². The van der Waals surface area contributed by atoms with Crippen LogP contribution in [0.15, 0.2) is 30.3 Å². The third-order valence-corrected chi connectivity index (χ3v) is 1.50. The van der Waals surface area contributed by atoms with Gasteiger partial charge in [0.1, 0.15) is 0 Å². The fourth-order valence-corrected chi connectivity index (χ4v) is 0.848. The maximum absolute atomic E-state index is 7.75. The van der Waals surface area contributed by atoms with Gasteiger partial charge in [0.2, 0.25) is 0 Å². The molecule has 0 spiro atoms. The van der Waals surface area contributed by atoms with Crippen LogP contribution in [0.25, 0.3) is 0 Å². The second kappa shape index (κ2) is 18.0. The maximum atomic E-state index is 7.75. The fraction of sp³-hybridized carbons (Fsp3) is 0.455. The van der Waals surface area contributed by atoms with Gasteiger partial charge in [0.05, 0.1) is 19.8 Å². The molecule has 102 valence electrons. The Labute approximate surface area is 115 Å². The first-order valence-electron chi connectivity index (χ1n) is 4.97. The Morgan fingerprint density at radius 3 is 1.94 bits per heavy atom. The van der Waals surface area contributed by atoms with Gasteiger partial charge in [-0.05, 0) is 5.56 Å². The number of rotatable bonds is 5. The van der Waals surface area contributed by atoms with E-state index in [4.69, 9.17) is 21.3 Å². The molecule has 0 aliphatic rings. The number of aliphatic hydroxyl groups is 1. The van der Waals surface area contributed by atoms with E-state index < -0.39 is 0 Å². The van der Waals surface area contributed by atoms with Gasteiger partial charge < -0.3 is 21.3 Å². The van der Waals surface area contributed by atoms with Crippen molar-refractivity contribution in [2.75, 3.05) is 26.3 Å². The molecule has 0 amide bonds. The van der Waals surface area contributed by atoms with E-state index in [9.17, 15) is 0 Å². The molecule has 0 saturated heterocycles. The Kier molecular flexibility index (Phi) is 23.2. The Morgan fingerprint density at radius 1 is 1.00 bits per heavy atom. The van der Waals surface area contributed by atoms with E-state index in [2.05, 4.69) is 0 Å². The van der Waals surface area contributed by atoms with E-state index in [-0.39, 0.29) is 31.4 Å². The van der Waals surface area contributed by atoms with Crippen LogP contribution in [0.1, 0.15) is 5.56 Å². The smallest absolute Gasteiger partial charge is 0.0717 e. The largest absolute Gasteiger partial charge is 0.395 e. The normalized spacial score (nSPS) is 8.18. The van der Waals surface area contributed by atoms with Gasteiger partial charge >= 0.3 is 0 Å². The van der Waals surface area contributed by atoms with Crippen molar-refractivity contribution in [3.63, 3.8) is 0 Å². The van der Waals surface area contributed by atoms with E-state index >= 15 is 0 Å². The van der Waals surface area contributed by atoms with Crippen molar-refractivity contribution >= 4 is 24.8 Å². The Hall–Kier alpha value is -0.360. The lowest BCUT2D eigenvalue weighted by Crippen LogP contribution is -2.07. The van der Waals surface area contributed by atoms with Gasteiger partial charge in [-0.1, -0.05) is 30.3 Å². The molecule has 0 fully saturated rings. The summed E-state index contributed by atoms with van der Waals surface area (Å²) in [6.07, 6.45) is 0. The highest BCUT2D eigenvalue weighted by Crippen LogP contribution is 1.99. The number of benzene rings is 1. The standard InChI is InChI=1S/C9H13NO.C2H7NO.2ClH/c10-6-7-11-8-9-4-2-1-3-5-9;3-1-2-4;;/h1-5H,6-8,10H2;4H,1-3H2;2*1H. The third kappa shape index (κ3) is 15.6. The third-order valence-electron chi connectivity index (χ3n) is 1.50. The average molecular weight is 285 g/mol. The summed E-state index contributed by atoms with van der Waals surface area (Å²) < 4.78 is 5.24. The van der Waals surface area contributed by atoms with Crippen LogP contribution < -0.4 is 11.5 Å². The minimum Gasteiger partial charge on any atom is -0.395 e. The summed E-state index contributed by atoms with van der Waals surface area (Å²) in [6.45, 7) is 2.36. The van der Waals surface area contributed by atoms with E-state index in [0.717, 1.165) is 0 Å². The second-order valence-electron chi connectivity index (χ2n) is 2.84. The van der Waals surface area contributed by atoms with Crippen LogP contribution in [0, 0.1) is 0 Å². The number of aliphatic hydroxyl groups excluding tert-OH is 1. The fourth-order valence-electron chi connectivity index (χ4n) is 0.848. The Bertz CT molecular complexity index is 224. The van der Waals surface area contributed by atoms with Crippen LogP contribution in [-0.2, 0) is 11.3 Å². The van der Waals surface area contributed by atoms with Gasteiger partial charge in [-0.2, -0.15) is 0 Å². The first-order chi connectivity index (χ1) is 7.35. The molecular formula is C11H22Cl2N2O2. The summed E-state index contributed by atoms with van der Waals surface area (Å²) in [7, 11) is 0. The highest BCUT2D eigenvalue weighted by molar-refractivity contribution is 5.85. The van der Waals surface area contributed by atoms with Crippen LogP contribution in [-0.4, -0.2) is 31.4 Å². The van der Waals surface area contributed by atoms with Crippen molar-refractivity contribution in [1.29, 1.82) is 0 Å². The minimum atomic E-state index is 0. The molecule has 0 saturated carbocycles. The first-order valence-corrected chi connectivity index (χ1v) is 4.97. The predicted octanol–water partition coefficient (Wildman–Crippen LogP) is 0.943. The molecule has 1 aromatic carbocycles. The van der Waals surface area contributed by atoms with Gasteiger partial charge in [-0.15, -0.1) is 24.8 Å². The van der Waals surface area contributed by atoms with Crippen LogP contribution in [0.3, 0.4) is 0 Å². The first kappa shape index (κ1) is 21.9. The monoisotopic (exact) mass is 284 g/mol. The molecule has 6 heteroatoms. The number of hydrogen-bond donors (Lipinski definition) is 3. The van der Waals surface area contributed by atoms with Gasteiger partial charge in [0.25, 0.3) is 0 Å². The van der Waals surface area contributed by atoms with Crippen molar-refractivity contribution in [2.24, 2.45) is 11.5 Å².